The van der Waals surface area contributed by atoms with Crippen LogP contribution in [0.15, 0.2) is 315 Å². The summed E-state index contributed by atoms with van der Waals surface area (Å²) in [5.41, 5.74) is 14.4. The molecule has 13 aromatic carbocycles. The van der Waals surface area contributed by atoms with E-state index < -0.39 is 16.1 Å². The average Bonchev–Trinajstić information content (AvgIpc) is 0.963. The lowest BCUT2D eigenvalue weighted by Gasteiger charge is -2.52. The molecule has 5 heterocycles. The summed E-state index contributed by atoms with van der Waals surface area (Å²) in [5, 5.41) is 18.4. The first-order chi connectivity index (χ1) is 41.7. The molecule has 4 nitrogen and oxygen atoms in total. The van der Waals surface area contributed by atoms with Crippen molar-refractivity contribution < 1.29 is 0 Å². The SMILES string of the molecule is c1ccc([Si]2(c3ccccc3)c3ccc(-n4c5ccccc5c5ccccc54)cc3N3c4ccccc4[Si](c4cccc(-n5c6ccccc6c6ccccc65)c4)(c4cccc(-n5c6ccccc6c6ccccc65)c4)c4cccc2c43)cc1. The van der Waals surface area contributed by atoms with Crippen molar-refractivity contribution in [1.82, 2.24) is 13.7 Å². The number of rotatable bonds is 7. The number of benzene rings is 13. The van der Waals surface area contributed by atoms with Crippen molar-refractivity contribution in [2.75, 3.05) is 4.90 Å². The molecule has 392 valence electrons. The first-order valence-corrected chi connectivity index (χ1v) is 33.2. The molecule has 18 rings (SSSR count). The number of nitrogens with zero attached hydrogens (tertiary/aromatic N) is 4. The van der Waals surface area contributed by atoms with Gasteiger partial charge in [-0.15, -0.1) is 0 Å². The largest absolute Gasteiger partial charge is 0.311 e. The molecule has 3 aromatic heterocycles. The lowest BCUT2D eigenvalue weighted by molar-refractivity contribution is 1.17. The predicted molar refractivity (Wildman–Crippen MR) is 358 cm³/mol. The summed E-state index contributed by atoms with van der Waals surface area (Å²) in [4.78, 5) is 2.71. The normalized spacial score (nSPS) is 13.9. The molecule has 0 unspecified atom stereocenters. The zero-order valence-corrected chi connectivity index (χ0v) is 47.8. The van der Waals surface area contributed by atoms with E-state index in [0.29, 0.717) is 0 Å². The fourth-order valence-electron chi connectivity index (χ4n) is 15.5. The van der Waals surface area contributed by atoms with Crippen LogP contribution in [0.5, 0.6) is 0 Å². The zero-order chi connectivity index (χ0) is 55.1. The van der Waals surface area contributed by atoms with E-state index >= 15 is 0 Å². The van der Waals surface area contributed by atoms with E-state index in [0.717, 1.165) is 17.1 Å². The van der Waals surface area contributed by atoms with Gasteiger partial charge in [-0.25, -0.2) is 0 Å². The Hall–Kier alpha value is -10.5. The fourth-order valence-corrected chi connectivity index (χ4v) is 25.9. The summed E-state index contributed by atoms with van der Waals surface area (Å²) in [6.45, 7) is 0. The number of hydrogen-bond acceptors (Lipinski definition) is 1. The summed E-state index contributed by atoms with van der Waals surface area (Å²) >= 11 is 0. The smallest absolute Gasteiger partial charge is 0.184 e. The number of anilines is 3. The maximum Gasteiger partial charge on any atom is 0.184 e. The van der Waals surface area contributed by atoms with Gasteiger partial charge in [0.15, 0.2) is 16.1 Å². The lowest BCUT2D eigenvalue weighted by Crippen LogP contribution is -2.82. The van der Waals surface area contributed by atoms with Gasteiger partial charge in [0, 0.05) is 66.4 Å². The van der Waals surface area contributed by atoms with Crippen molar-refractivity contribution >= 4 is 140 Å². The first kappa shape index (κ1) is 47.2. The fraction of sp³-hybridized carbons (Fsp3) is 0. The maximum atomic E-state index is 2.71. The van der Waals surface area contributed by atoms with Crippen LogP contribution >= 0.6 is 0 Å². The van der Waals surface area contributed by atoms with Crippen LogP contribution in [0.2, 0.25) is 0 Å². The maximum absolute atomic E-state index is 3.47. The van der Waals surface area contributed by atoms with Crippen molar-refractivity contribution in [3.8, 4) is 17.1 Å². The topological polar surface area (TPSA) is 18.0 Å². The van der Waals surface area contributed by atoms with Crippen LogP contribution < -0.4 is 46.4 Å². The minimum atomic E-state index is -3.47. The van der Waals surface area contributed by atoms with Gasteiger partial charge in [0.1, 0.15) is 0 Å². The Kier molecular flexibility index (Phi) is 10.1. The van der Waals surface area contributed by atoms with E-state index in [1.165, 1.54) is 124 Å². The van der Waals surface area contributed by atoms with Crippen LogP contribution in [0.1, 0.15) is 0 Å². The number of fused-ring (bicyclic) bond motifs is 13. The molecule has 0 spiro atoms. The molecule has 0 saturated heterocycles. The highest BCUT2D eigenvalue weighted by molar-refractivity contribution is 7.24. The second kappa shape index (κ2) is 18.0. The van der Waals surface area contributed by atoms with Crippen LogP contribution in [0, 0.1) is 0 Å². The molecular weight excluding hydrogens is 1050 g/mol. The number of hydrogen-bond donors (Lipinski definition) is 0. The molecule has 0 bridgehead atoms. The Morgan fingerprint density at radius 1 is 0.202 bits per heavy atom. The molecule has 0 saturated carbocycles. The molecular formula is C78H52N4Si2. The first-order valence-electron chi connectivity index (χ1n) is 29.2. The monoisotopic (exact) mass is 1100 g/mol. The van der Waals surface area contributed by atoms with Crippen molar-refractivity contribution in [3.05, 3.63) is 315 Å². The molecule has 6 heteroatoms. The van der Waals surface area contributed by atoms with Crippen LogP contribution in [0.4, 0.5) is 17.1 Å². The Balaban J connectivity index is 0.997. The summed E-state index contributed by atoms with van der Waals surface area (Å²) in [6.07, 6.45) is 0. The Morgan fingerprint density at radius 3 is 0.940 bits per heavy atom. The van der Waals surface area contributed by atoms with Gasteiger partial charge in [-0.3, -0.25) is 0 Å². The molecule has 16 aromatic rings. The van der Waals surface area contributed by atoms with Gasteiger partial charge in [-0.2, -0.15) is 0 Å². The third-order valence-corrected chi connectivity index (χ3v) is 28.4. The standard InChI is InChI=1S/C78H52N4Si2/c1-3-26-56(27-4-1)83(57-28-5-2-6-29-57)75-49-48-55(81-70-42-17-11-36-64(70)65-37-12-18-43-71(65)81)52-73(75)82-72-44-19-20-45-74(72)84(77-47-23-46-76(83)78(77)82,58-30-21-24-53(50-58)79-66-38-13-7-32-60(66)61-33-8-14-39-67(61)79)59-31-22-25-54(51-59)80-68-40-15-9-34-62(68)63-35-10-16-41-69(63)80/h1-52H. The Morgan fingerprint density at radius 2 is 0.512 bits per heavy atom. The third-order valence-electron chi connectivity index (χ3n) is 18.7. The molecule has 2 aliphatic heterocycles. The predicted octanol–water partition coefficient (Wildman–Crippen LogP) is 13.8. The van der Waals surface area contributed by atoms with Gasteiger partial charge in [0.05, 0.1) is 33.1 Å². The number of aromatic nitrogens is 3. The van der Waals surface area contributed by atoms with E-state index in [1.54, 1.807) is 0 Å². The lowest BCUT2D eigenvalue weighted by atomic mass is 10.1. The second-order valence-electron chi connectivity index (χ2n) is 22.7. The van der Waals surface area contributed by atoms with Gasteiger partial charge in [0.25, 0.3) is 0 Å². The molecule has 0 aliphatic carbocycles. The highest BCUT2D eigenvalue weighted by Crippen LogP contribution is 2.44. The van der Waals surface area contributed by atoms with Gasteiger partial charge in [-0.05, 0) is 120 Å². The van der Waals surface area contributed by atoms with Crippen molar-refractivity contribution in [2.24, 2.45) is 0 Å². The highest BCUT2D eigenvalue weighted by Gasteiger charge is 2.56. The average molecular weight is 1100 g/mol. The van der Waals surface area contributed by atoms with E-state index in [9.17, 15) is 0 Å². The van der Waals surface area contributed by atoms with E-state index in [4.69, 9.17) is 0 Å². The van der Waals surface area contributed by atoms with Crippen molar-refractivity contribution in [3.63, 3.8) is 0 Å². The summed E-state index contributed by atoms with van der Waals surface area (Å²) in [6, 6.07) is 120. The van der Waals surface area contributed by atoms with E-state index in [2.05, 4.69) is 334 Å². The molecule has 0 amide bonds. The van der Waals surface area contributed by atoms with E-state index in [1.807, 2.05) is 0 Å². The molecule has 0 radical (unpaired) electrons. The van der Waals surface area contributed by atoms with Gasteiger partial charge >= 0.3 is 0 Å². The van der Waals surface area contributed by atoms with Gasteiger partial charge < -0.3 is 18.6 Å². The molecule has 2 aliphatic rings. The van der Waals surface area contributed by atoms with Crippen LogP contribution in [-0.2, 0) is 0 Å². The quantitative estimate of drug-likeness (QED) is 0.145. The van der Waals surface area contributed by atoms with E-state index in [-0.39, 0.29) is 0 Å². The minimum Gasteiger partial charge on any atom is -0.311 e. The van der Waals surface area contributed by atoms with Crippen LogP contribution in [-0.4, -0.2) is 29.8 Å². The Labute approximate surface area is 488 Å². The van der Waals surface area contributed by atoms with Crippen LogP contribution in [0.3, 0.4) is 0 Å². The highest BCUT2D eigenvalue weighted by atomic mass is 28.3. The van der Waals surface area contributed by atoms with Crippen LogP contribution in [0.25, 0.3) is 82.5 Å². The minimum absolute atomic E-state index is 1.14. The molecule has 0 atom stereocenters. The summed E-state index contributed by atoms with van der Waals surface area (Å²) in [7, 11) is -6.67. The van der Waals surface area contributed by atoms with Gasteiger partial charge in [-0.1, -0.05) is 237 Å². The summed E-state index contributed by atoms with van der Waals surface area (Å²) in [5.74, 6) is 0. The van der Waals surface area contributed by atoms with Crippen molar-refractivity contribution in [2.45, 2.75) is 0 Å². The van der Waals surface area contributed by atoms with Crippen molar-refractivity contribution in [1.29, 1.82) is 0 Å². The van der Waals surface area contributed by atoms with Gasteiger partial charge in [0.2, 0.25) is 0 Å². The molecule has 0 fully saturated rings. The third kappa shape index (κ3) is 6.30. The molecule has 84 heavy (non-hydrogen) atoms. The molecule has 0 N–H and O–H groups in total. The Bertz CT molecular complexity index is 5010. The number of para-hydroxylation sites is 8. The zero-order valence-electron chi connectivity index (χ0n) is 45.8. The second-order valence-corrected chi connectivity index (χ2v) is 30.2. The summed E-state index contributed by atoms with van der Waals surface area (Å²) < 4.78 is 7.50.